The van der Waals surface area contributed by atoms with E-state index in [-0.39, 0.29) is 24.5 Å². The fourth-order valence-electron chi connectivity index (χ4n) is 2.73. The molecule has 1 amide bonds. The number of carbonyl (C=O) groups is 1. The van der Waals surface area contributed by atoms with E-state index < -0.39 is 0 Å². The Morgan fingerprint density at radius 3 is 2.71 bits per heavy atom. The summed E-state index contributed by atoms with van der Waals surface area (Å²) in [7, 11) is 0. The topological polar surface area (TPSA) is 58.6 Å². The second-order valence-corrected chi connectivity index (χ2v) is 5.43. The molecule has 4 heteroatoms. The molecule has 2 N–H and O–H groups in total. The van der Waals surface area contributed by atoms with Crippen molar-refractivity contribution in [1.29, 1.82) is 0 Å². The Morgan fingerprint density at radius 2 is 2.05 bits per heavy atom. The van der Waals surface area contributed by atoms with Crippen LogP contribution in [0.15, 0.2) is 36.9 Å². The fourth-order valence-corrected chi connectivity index (χ4v) is 2.73. The van der Waals surface area contributed by atoms with Crippen LogP contribution in [0.3, 0.4) is 0 Å². The van der Waals surface area contributed by atoms with Gasteiger partial charge in [-0.2, -0.15) is 0 Å². The first-order valence-corrected chi connectivity index (χ1v) is 7.50. The van der Waals surface area contributed by atoms with Gasteiger partial charge in [0.25, 0.3) is 5.91 Å². The second kappa shape index (κ2) is 7.84. The van der Waals surface area contributed by atoms with Crippen molar-refractivity contribution < 1.29 is 14.6 Å². The molecule has 1 fully saturated rings. The van der Waals surface area contributed by atoms with Crippen molar-refractivity contribution in [3.05, 3.63) is 42.5 Å². The van der Waals surface area contributed by atoms with Crippen LogP contribution in [0.4, 0.5) is 0 Å². The zero-order valence-electron chi connectivity index (χ0n) is 12.3. The molecule has 2 atom stereocenters. The number of hydrogen-bond acceptors (Lipinski definition) is 3. The lowest BCUT2D eigenvalue weighted by molar-refractivity contribution is 0.0872. The number of hydrogen-bond donors (Lipinski definition) is 2. The van der Waals surface area contributed by atoms with Crippen LogP contribution in [-0.2, 0) is 0 Å². The number of nitrogens with one attached hydrogen (secondary N) is 1. The lowest BCUT2D eigenvalue weighted by Gasteiger charge is -2.30. The Hall–Kier alpha value is -1.81. The quantitative estimate of drug-likeness (QED) is 0.791. The highest BCUT2D eigenvalue weighted by Gasteiger charge is 2.26. The molecule has 21 heavy (non-hydrogen) atoms. The molecule has 0 radical (unpaired) electrons. The summed E-state index contributed by atoms with van der Waals surface area (Å²) in [4.78, 5) is 12.2. The molecule has 0 aromatic heterocycles. The molecule has 0 spiro atoms. The monoisotopic (exact) mass is 289 g/mol. The van der Waals surface area contributed by atoms with Crippen LogP contribution in [0.5, 0.6) is 5.75 Å². The maximum Gasteiger partial charge on any atom is 0.251 e. The summed E-state index contributed by atoms with van der Waals surface area (Å²) >= 11 is 0. The molecule has 1 aliphatic carbocycles. The Balaban J connectivity index is 1.94. The first-order chi connectivity index (χ1) is 10.2. The SMILES string of the molecule is C=CCOc1ccc(C(=O)NC2CCCCC2CO)cc1. The minimum atomic E-state index is -0.0874. The maximum absolute atomic E-state index is 12.2. The van der Waals surface area contributed by atoms with Crippen molar-refractivity contribution in [2.75, 3.05) is 13.2 Å². The van der Waals surface area contributed by atoms with Crippen LogP contribution in [0.25, 0.3) is 0 Å². The molecule has 1 aromatic carbocycles. The highest BCUT2D eigenvalue weighted by atomic mass is 16.5. The normalized spacial score (nSPS) is 21.6. The highest BCUT2D eigenvalue weighted by molar-refractivity contribution is 5.94. The Labute approximate surface area is 125 Å². The number of rotatable bonds is 6. The Bertz CT molecular complexity index is 469. The highest BCUT2D eigenvalue weighted by Crippen LogP contribution is 2.24. The Morgan fingerprint density at radius 1 is 1.33 bits per heavy atom. The van der Waals surface area contributed by atoms with Crippen molar-refractivity contribution in [1.82, 2.24) is 5.32 Å². The number of aliphatic hydroxyl groups is 1. The van der Waals surface area contributed by atoms with E-state index in [0.717, 1.165) is 31.4 Å². The molecular formula is C17H23NO3. The van der Waals surface area contributed by atoms with Gasteiger partial charge in [-0.05, 0) is 37.1 Å². The predicted molar refractivity (Wildman–Crippen MR) is 82.4 cm³/mol. The van der Waals surface area contributed by atoms with Crippen LogP contribution in [0.2, 0.25) is 0 Å². The first-order valence-electron chi connectivity index (χ1n) is 7.50. The summed E-state index contributed by atoms with van der Waals surface area (Å²) in [5.74, 6) is 0.811. The summed E-state index contributed by atoms with van der Waals surface area (Å²) in [6, 6.07) is 7.15. The van der Waals surface area contributed by atoms with E-state index in [1.165, 1.54) is 0 Å². The molecule has 114 valence electrons. The second-order valence-electron chi connectivity index (χ2n) is 5.43. The minimum absolute atomic E-state index is 0.0768. The zero-order chi connectivity index (χ0) is 15.1. The van der Waals surface area contributed by atoms with Crippen molar-refractivity contribution >= 4 is 5.91 Å². The molecule has 0 aliphatic heterocycles. The molecule has 0 bridgehead atoms. The summed E-state index contributed by atoms with van der Waals surface area (Å²) in [6.45, 7) is 4.18. The van der Waals surface area contributed by atoms with Crippen LogP contribution < -0.4 is 10.1 Å². The minimum Gasteiger partial charge on any atom is -0.490 e. The smallest absolute Gasteiger partial charge is 0.251 e. The van der Waals surface area contributed by atoms with Crippen molar-refractivity contribution in [2.45, 2.75) is 31.7 Å². The van der Waals surface area contributed by atoms with Crippen LogP contribution in [0.1, 0.15) is 36.0 Å². The summed E-state index contributed by atoms with van der Waals surface area (Å²) in [6.07, 6.45) is 5.84. The summed E-state index contributed by atoms with van der Waals surface area (Å²) in [5, 5.41) is 12.4. The van der Waals surface area contributed by atoms with Crippen LogP contribution >= 0.6 is 0 Å². The number of amides is 1. The molecule has 4 nitrogen and oxygen atoms in total. The lowest BCUT2D eigenvalue weighted by Crippen LogP contribution is -2.43. The lowest BCUT2D eigenvalue weighted by atomic mass is 9.85. The van der Waals surface area contributed by atoms with E-state index in [4.69, 9.17) is 4.74 Å². The zero-order valence-corrected chi connectivity index (χ0v) is 12.3. The van der Waals surface area contributed by atoms with Gasteiger partial charge < -0.3 is 15.2 Å². The van der Waals surface area contributed by atoms with Crippen LogP contribution in [-0.4, -0.2) is 30.3 Å². The first kappa shape index (κ1) is 15.6. The van der Waals surface area contributed by atoms with Gasteiger partial charge in [-0.1, -0.05) is 25.5 Å². The van der Waals surface area contributed by atoms with Crippen molar-refractivity contribution in [3.63, 3.8) is 0 Å². The summed E-state index contributed by atoms with van der Waals surface area (Å²) in [5.41, 5.74) is 0.614. The number of carbonyl (C=O) groups excluding carboxylic acids is 1. The predicted octanol–water partition coefficient (Wildman–Crippen LogP) is 2.53. The molecular weight excluding hydrogens is 266 g/mol. The third kappa shape index (κ3) is 4.33. The van der Waals surface area contributed by atoms with E-state index in [9.17, 15) is 9.90 Å². The van der Waals surface area contributed by atoms with Gasteiger partial charge in [0, 0.05) is 24.1 Å². The molecule has 1 aliphatic rings. The summed E-state index contributed by atoms with van der Waals surface area (Å²) < 4.78 is 5.39. The Kier molecular flexibility index (Phi) is 5.81. The molecule has 0 heterocycles. The third-order valence-electron chi connectivity index (χ3n) is 3.94. The average molecular weight is 289 g/mol. The van der Waals surface area contributed by atoms with Crippen molar-refractivity contribution in [2.24, 2.45) is 5.92 Å². The van der Waals surface area contributed by atoms with Crippen LogP contribution in [0, 0.1) is 5.92 Å². The maximum atomic E-state index is 12.2. The van der Waals surface area contributed by atoms with Gasteiger partial charge in [-0.15, -0.1) is 0 Å². The standard InChI is InChI=1S/C17H23NO3/c1-2-11-21-15-9-7-13(8-10-15)17(20)18-16-6-4-3-5-14(16)12-19/h2,7-10,14,16,19H,1,3-6,11-12H2,(H,18,20). The van der Waals surface area contributed by atoms with Gasteiger partial charge in [0.1, 0.15) is 12.4 Å². The van der Waals surface area contributed by atoms with E-state index in [1.807, 2.05) is 0 Å². The van der Waals surface area contributed by atoms with Gasteiger partial charge in [0.15, 0.2) is 0 Å². The number of aliphatic hydroxyl groups excluding tert-OH is 1. The molecule has 1 aromatic rings. The number of benzene rings is 1. The van der Waals surface area contributed by atoms with Gasteiger partial charge in [-0.3, -0.25) is 4.79 Å². The largest absolute Gasteiger partial charge is 0.490 e. The van der Waals surface area contributed by atoms with Gasteiger partial charge in [0.05, 0.1) is 0 Å². The molecule has 2 rings (SSSR count). The van der Waals surface area contributed by atoms with Gasteiger partial charge in [0.2, 0.25) is 0 Å². The molecule has 1 saturated carbocycles. The fraction of sp³-hybridized carbons (Fsp3) is 0.471. The van der Waals surface area contributed by atoms with E-state index in [0.29, 0.717) is 12.2 Å². The van der Waals surface area contributed by atoms with E-state index in [1.54, 1.807) is 30.3 Å². The van der Waals surface area contributed by atoms with E-state index >= 15 is 0 Å². The average Bonchev–Trinajstić information content (AvgIpc) is 2.54. The number of ether oxygens (including phenoxy) is 1. The molecule has 0 saturated heterocycles. The van der Waals surface area contributed by atoms with Gasteiger partial charge in [-0.25, -0.2) is 0 Å². The van der Waals surface area contributed by atoms with Gasteiger partial charge >= 0.3 is 0 Å². The molecule has 2 unspecified atom stereocenters. The third-order valence-corrected chi connectivity index (χ3v) is 3.94. The van der Waals surface area contributed by atoms with E-state index in [2.05, 4.69) is 11.9 Å². The van der Waals surface area contributed by atoms with Crippen molar-refractivity contribution in [3.8, 4) is 5.75 Å².